The fourth-order valence-corrected chi connectivity index (χ4v) is 3.15. The van der Waals surface area contributed by atoms with E-state index < -0.39 is 10.0 Å². The molecule has 1 amide bonds. The Morgan fingerprint density at radius 1 is 1.47 bits per heavy atom. The maximum absolute atomic E-state index is 11.4. The van der Waals surface area contributed by atoms with E-state index in [4.69, 9.17) is 9.88 Å². The largest absolute Gasteiger partial charge is 0.381 e. The van der Waals surface area contributed by atoms with Crippen molar-refractivity contribution in [3.05, 3.63) is 17.0 Å². The van der Waals surface area contributed by atoms with Crippen LogP contribution in [0.25, 0.3) is 0 Å². The molecule has 0 aliphatic carbocycles. The van der Waals surface area contributed by atoms with E-state index >= 15 is 0 Å². The number of hydrogen-bond donors (Lipinski definition) is 2. The highest BCUT2D eigenvalue weighted by molar-refractivity contribution is 7.91. The average Bonchev–Trinajstić information content (AvgIpc) is 2.78. The summed E-state index contributed by atoms with van der Waals surface area (Å²) in [6.45, 7) is 3.35. The van der Waals surface area contributed by atoms with Gasteiger partial charge in [-0.25, -0.2) is 13.6 Å². The van der Waals surface area contributed by atoms with Crippen LogP contribution in [0.2, 0.25) is 0 Å². The molecule has 0 bridgehead atoms. The third-order valence-corrected chi connectivity index (χ3v) is 4.87. The molecule has 0 aliphatic heterocycles. The molecule has 19 heavy (non-hydrogen) atoms. The Morgan fingerprint density at radius 2 is 2.21 bits per heavy atom. The van der Waals surface area contributed by atoms with E-state index in [2.05, 4.69) is 5.32 Å². The van der Waals surface area contributed by atoms with Crippen LogP contribution < -0.4 is 10.5 Å². The van der Waals surface area contributed by atoms with E-state index in [-0.39, 0.29) is 10.1 Å². The summed E-state index contributed by atoms with van der Waals surface area (Å²) < 4.78 is 27.4. The fraction of sp³-hybridized carbons (Fsp3) is 0.545. The van der Waals surface area contributed by atoms with E-state index in [1.165, 1.54) is 6.07 Å². The number of sulfonamides is 1. The van der Waals surface area contributed by atoms with Crippen molar-refractivity contribution in [2.24, 2.45) is 5.14 Å². The molecule has 6 nitrogen and oxygen atoms in total. The van der Waals surface area contributed by atoms with Gasteiger partial charge >= 0.3 is 0 Å². The summed E-state index contributed by atoms with van der Waals surface area (Å²) in [6.07, 6.45) is 0.918. The zero-order valence-electron chi connectivity index (χ0n) is 10.7. The number of carbonyl (C=O) groups is 1. The number of ether oxygens (including phenoxy) is 1. The van der Waals surface area contributed by atoms with Gasteiger partial charge in [-0.1, -0.05) is 0 Å². The Labute approximate surface area is 117 Å². The lowest BCUT2D eigenvalue weighted by Crippen LogP contribution is -2.26. The number of amides is 1. The van der Waals surface area contributed by atoms with Crippen LogP contribution in [0, 0.1) is 0 Å². The molecule has 0 saturated heterocycles. The number of nitrogens with one attached hydrogen (secondary N) is 1. The normalized spacial score (nSPS) is 11.5. The number of nitrogens with two attached hydrogens (primary N) is 1. The monoisotopic (exact) mass is 306 g/mol. The third-order valence-electron chi connectivity index (χ3n) is 2.29. The molecule has 1 aromatic heterocycles. The van der Waals surface area contributed by atoms with Crippen molar-refractivity contribution in [1.82, 2.24) is 5.32 Å². The molecule has 108 valence electrons. The molecule has 1 heterocycles. The molecule has 3 N–H and O–H groups in total. The number of primary sulfonamides is 1. The van der Waals surface area contributed by atoms with Crippen molar-refractivity contribution in [3.63, 3.8) is 0 Å². The number of thiophene rings is 1. The summed E-state index contributed by atoms with van der Waals surface area (Å²) in [7, 11) is -3.62. The SMILES string of the molecule is CCOCCC(=O)NCCc1ccc(S(N)(=O)=O)s1. The van der Waals surface area contributed by atoms with Gasteiger partial charge in [-0.15, -0.1) is 11.3 Å². The predicted molar refractivity (Wildman–Crippen MR) is 73.5 cm³/mol. The number of carbonyl (C=O) groups excluding carboxylic acids is 1. The lowest BCUT2D eigenvalue weighted by atomic mass is 10.3. The minimum Gasteiger partial charge on any atom is -0.381 e. The predicted octanol–water partition coefficient (Wildman–Crippen LogP) is 0.481. The van der Waals surface area contributed by atoms with Gasteiger partial charge in [-0.05, 0) is 25.5 Å². The molecule has 0 atom stereocenters. The first-order valence-electron chi connectivity index (χ1n) is 5.89. The molecule has 0 unspecified atom stereocenters. The first-order chi connectivity index (χ1) is 8.93. The maximum atomic E-state index is 11.4. The van der Waals surface area contributed by atoms with Crippen LogP contribution in [0.5, 0.6) is 0 Å². The molecule has 0 aromatic carbocycles. The van der Waals surface area contributed by atoms with Gasteiger partial charge in [0.15, 0.2) is 0 Å². The second-order valence-electron chi connectivity index (χ2n) is 3.81. The zero-order chi connectivity index (χ0) is 14.3. The highest BCUT2D eigenvalue weighted by Crippen LogP contribution is 2.20. The smallest absolute Gasteiger partial charge is 0.247 e. The van der Waals surface area contributed by atoms with Crippen LogP contribution in [0.1, 0.15) is 18.2 Å². The summed E-state index contributed by atoms with van der Waals surface area (Å²) in [5.74, 6) is -0.0725. The lowest BCUT2D eigenvalue weighted by molar-refractivity contribution is -0.122. The van der Waals surface area contributed by atoms with Crippen LogP contribution in [0.4, 0.5) is 0 Å². The fourth-order valence-electron chi connectivity index (χ4n) is 1.37. The van der Waals surface area contributed by atoms with Crippen LogP contribution in [-0.2, 0) is 26.0 Å². The zero-order valence-corrected chi connectivity index (χ0v) is 12.4. The lowest BCUT2D eigenvalue weighted by Gasteiger charge is -2.04. The molecule has 0 aliphatic rings. The van der Waals surface area contributed by atoms with Crippen LogP contribution in [-0.4, -0.2) is 34.1 Å². The first-order valence-corrected chi connectivity index (χ1v) is 8.25. The van der Waals surface area contributed by atoms with Gasteiger partial charge < -0.3 is 10.1 Å². The summed E-state index contributed by atoms with van der Waals surface area (Å²) in [5, 5.41) is 7.76. The topological polar surface area (TPSA) is 98.5 Å². The van der Waals surface area contributed by atoms with Gasteiger partial charge in [0.1, 0.15) is 4.21 Å². The average molecular weight is 306 g/mol. The van der Waals surface area contributed by atoms with E-state index in [0.717, 1.165) is 16.2 Å². The van der Waals surface area contributed by atoms with Gasteiger partial charge in [-0.2, -0.15) is 0 Å². The third kappa shape index (κ3) is 6.15. The van der Waals surface area contributed by atoms with E-state index in [1.807, 2.05) is 6.92 Å². The molecule has 8 heteroatoms. The minimum atomic E-state index is -3.62. The van der Waals surface area contributed by atoms with Gasteiger partial charge in [0, 0.05) is 24.4 Å². The Kier molecular flexibility index (Phi) is 6.43. The van der Waals surface area contributed by atoms with Crippen molar-refractivity contribution in [3.8, 4) is 0 Å². The standard InChI is InChI=1S/C11H18N2O4S2/c1-2-17-8-6-10(14)13-7-5-9-3-4-11(18-9)19(12,15)16/h3-4H,2,5-8H2,1H3,(H,13,14)(H2,12,15,16). The molecule has 1 rings (SSSR count). The molecular formula is C11H18N2O4S2. The van der Waals surface area contributed by atoms with E-state index in [0.29, 0.717) is 32.6 Å². The highest BCUT2D eigenvalue weighted by atomic mass is 32.2. The first kappa shape index (κ1) is 16.1. The minimum absolute atomic E-state index is 0.0725. The van der Waals surface area contributed by atoms with E-state index in [9.17, 15) is 13.2 Å². The second kappa shape index (κ2) is 7.59. The molecular weight excluding hydrogens is 288 g/mol. The highest BCUT2D eigenvalue weighted by Gasteiger charge is 2.11. The second-order valence-corrected chi connectivity index (χ2v) is 6.77. The van der Waals surface area contributed by atoms with Gasteiger partial charge in [0.05, 0.1) is 6.61 Å². The van der Waals surface area contributed by atoms with Crippen molar-refractivity contribution in [2.45, 2.75) is 24.0 Å². The molecule has 0 saturated carbocycles. The Bertz CT molecular complexity index is 511. The van der Waals surface area contributed by atoms with Crippen molar-refractivity contribution < 1.29 is 17.9 Å². The molecule has 0 spiro atoms. The quantitative estimate of drug-likeness (QED) is 0.682. The van der Waals surface area contributed by atoms with Gasteiger partial charge in [-0.3, -0.25) is 4.79 Å². The Hall–Kier alpha value is -0.960. The summed E-state index contributed by atoms with van der Waals surface area (Å²) in [4.78, 5) is 12.2. The summed E-state index contributed by atoms with van der Waals surface area (Å²) >= 11 is 1.12. The van der Waals surface area contributed by atoms with Gasteiger partial charge in [0.25, 0.3) is 0 Å². The molecule has 1 aromatic rings. The summed E-state index contributed by atoms with van der Waals surface area (Å²) in [5.41, 5.74) is 0. The Morgan fingerprint density at radius 3 is 2.79 bits per heavy atom. The Balaban J connectivity index is 2.30. The van der Waals surface area contributed by atoms with Crippen LogP contribution in [0.15, 0.2) is 16.3 Å². The summed E-state index contributed by atoms with van der Waals surface area (Å²) in [6, 6.07) is 3.18. The van der Waals surface area contributed by atoms with E-state index in [1.54, 1.807) is 6.07 Å². The van der Waals surface area contributed by atoms with Gasteiger partial charge in [0.2, 0.25) is 15.9 Å². The van der Waals surface area contributed by atoms with Crippen LogP contribution >= 0.6 is 11.3 Å². The van der Waals surface area contributed by atoms with Crippen molar-refractivity contribution in [2.75, 3.05) is 19.8 Å². The number of hydrogen-bond acceptors (Lipinski definition) is 5. The number of rotatable bonds is 8. The molecule has 0 fully saturated rings. The molecule has 0 radical (unpaired) electrons. The van der Waals surface area contributed by atoms with Crippen molar-refractivity contribution >= 4 is 27.3 Å². The van der Waals surface area contributed by atoms with Crippen LogP contribution in [0.3, 0.4) is 0 Å². The maximum Gasteiger partial charge on any atom is 0.247 e. The van der Waals surface area contributed by atoms with Crippen molar-refractivity contribution in [1.29, 1.82) is 0 Å².